The Morgan fingerprint density at radius 3 is 2.88 bits per heavy atom. The van der Waals surface area contributed by atoms with Crippen molar-refractivity contribution in [2.75, 3.05) is 20.3 Å². The molecule has 0 bridgehead atoms. The minimum Gasteiger partial charge on any atom is -0.497 e. The van der Waals surface area contributed by atoms with Crippen LogP contribution in [0.5, 0.6) is 11.5 Å². The number of hydrogen-bond acceptors (Lipinski definition) is 3. The quantitative estimate of drug-likeness (QED) is 0.870. The van der Waals surface area contributed by atoms with E-state index in [1.807, 2.05) is 19.1 Å². The van der Waals surface area contributed by atoms with Crippen molar-refractivity contribution in [2.24, 2.45) is 0 Å². The highest BCUT2D eigenvalue weighted by atomic mass is 16.5. The lowest BCUT2D eigenvalue weighted by Crippen LogP contribution is -2.27. The van der Waals surface area contributed by atoms with Crippen LogP contribution in [-0.2, 0) is 0 Å². The second kappa shape index (κ2) is 5.92. The SMILES string of the molecule is CCOc1cc(OC)ccc1C1CCCCN1. The van der Waals surface area contributed by atoms with Crippen LogP contribution in [0.2, 0.25) is 0 Å². The van der Waals surface area contributed by atoms with Crippen LogP contribution in [-0.4, -0.2) is 20.3 Å². The Balaban J connectivity index is 2.24. The Morgan fingerprint density at radius 1 is 1.35 bits per heavy atom. The summed E-state index contributed by atoms with van der Waals surface area (Å²) < 4.78 is 11.0. The van der Waals surface area contributed by atoms with Gasteiger partial charge in [-0.15, -0.1) is 0 Å². The fourth-order valence-electron chi connectivity index (χ4n) is 2.33. The standard InChI is InChI=1S/C14H21NO2/c1-3-17-14-10-11(16-2)7-8-12(14)13-6-4-5-9-15-13/h7-8,10,13,15H,3-6,9H2,1-2H3. The highest BCUT2D eigenvalue weighted by Crippen LogP contribution is 2.33. The Hall–Kier alpha value is -1.22. The van der Waals surface area contributed by atoms with E-state index in [4.69, 9.17) is 9.47 Å². The smallest absolute Gasteiger partial charge is 0.127 e. The monoisotopic (exact) mass is 235 g/mol. The third kappa shape index (κ3) is 2.91. The maximum atomic E-state index is 5.71. The van der Waals surface area contributed by atoms with E-state index >= 15 is 0 Å². The van der Waals surface area contributed by atoms with E-state index in [1.165, 1.54) is 24.8 Å². The van der Waals surface area contributed by atoms with Crippen molar-refractivity contribution in [3.8, 4) is 11.5 Å². The molecule has 1 aromatic carbocycles. The lowest BCUT2D eigenvalue weighted by molar-refractivity contribution is 0.320. The molecule has 1 aliphatic heterocycles. The van der Waals surface area contributed by atoms with Crippen molar-refractivity contribution >= 4 is 0 Å². The molecule has 94 valence electrons. The molecule has 3 heteroatoms. The molecule has 2 rings (SSSR count). The average molecular weight is 235 g/mol. The first-order valence-electron chi connectivity index (χ1n) is 6.39. The molecule has 1 atom stereocenters. The number of ether oxygens (including phenoxy) is 2. The van der Waals surface area contributed by atoms with E-state index in [0.29, 0.717) is 12.6 Å². The lowest BCUT2D eigenvalue weighted by Gasteiger charge is -2.25. The summed E-state index contributed by atoms with van der Waals surface area (Å²) in [5.74, 6) is 1.80. The molecule has 1 fully saturated rings. The Labute approximate surface area is 103 Å². The summed E-state index contributed by atoms with van der Waals surface area (Å²) in [6.07, 6.45) is 3.75. The van der Waals surface area contributed by atoms with Crippen molar-refractivity contribution in [2.45, 2.75) is 32.2 Å². The predicted octanol–water partition coefficient (Wildman–Crippen LogP) is 2.91. The molecule has 0 aromatic heterocycles. The van der Waals surface area contributed by atoms with Crippen LogP contribution in [0.15, 0.2) is 18.2 Å². The van der Waals surface area contributed by atoms with Gasteiger partial charge in [0.2, 0.25) is 0 Å². The van der Waals surface area contributed by atoms with Crippen LogP contribution < -0.4 is 14.8 Å². The van der Waals surface area contributed by atoms with E-state index < -0.39 is 0 Å². The topological polar surface area (TPSA) is 30.5 Å². The summed E-state index contributed by atoms with van der Waals surface area (Å²) in [6, 6.07) is 6.53. The average Bonchev–Trinajstić information content (AvgIpc) is 2.40. The number of rotatable bonds is 4. The van der Waals surface area contributed by atoms with Crippen LogP contribution >= 0.6 is 0 Å². The van der Waals surface area contributed by atoms with Gasteiger partial charge in [-0.3, -0.25) is 0 Å². The third-order valence-electron chi connectivity index (χ3n) is 3.21. The molecular weight excluding hydrogens is 214 g/mol. The summed E-state index contributed by atoms with van der Waals surface area (Å²) in [4.78, 5) is 0. The van der Waals surface area contributed by atoms with Gasteiger partial charge in [0, 0.05) is 17.7 Å². The molecule has 0 saturated carbocycles. The molecule has 0 amide bonds. The first-order valence-corrected chi connectivity index (χ1v) is 6.39. The van der Waals surface area contributed by atoms with Crippen LogP contribution in [0.1, 0.15) is 37.8 Å². The number of methoxy groups -OCH3 is 1. The van der Waals surface area contributed by atoms with Crippen LogP contribution in [0, 0.1) is 0 Å². The van der Waals surface area contributed by atoms with E-state index in [1.54, 1.807) is 7.11 Å². The molecule has 1 saturated heterocycles. The highest BCUT2D eigenvalue weighted by Gasteiger charge is 2.18. The normalized spacial score (nSPS) is 20.0. The zero-order valence-corrected chi connectivity index (χ0v) is 10.7. The number of nitrogens with one attached hydrogen (secondary N) is 1. The van der Waals surface area contributed by atoms with Gasteiger partial charge in [-0.1, -0.05) is 12.5 Å². The summed E-state index contributed by atoms with van der Waals surface area (Å²) in [7, 11) is 1.68. The van der Waals surface area contributed by atoms with Gasteiger partial charge in [-0.05, 0) is 32.4 Å². The molecule has 1 aromatic rings. The summed E-state index contributed by atoms with van der Waals surface area (Å²) in [5.41, 5.74) is 1.26. The van der Waals surface area contributed by atoms with E-state index in [0.717, 1.165) is 18.0 Å². The van der Waals surface area contributed by atoms with Crippen LogP contribution in [0.4, 0.5) is 0 Å². The Kier molecular flexibility index (Phi) is 4.26. The summed E-state index contributed by atoms with van der Waals surface area (Å²) in [5, 5.41) is 3.55. The van der Waals surface area contributed by atoms with Gasteiger partial charge < -0.3 is 14.8 Å². The molecule has 17 heavy (non-hydrogen) atoms. The first-order chi connectivity index (χ1) is 8.35. The minimum atomic E-state index is 0.427. The van der Waals surface area contributed by atoms with Crippen molar-refractivity contribution in [1.82, 2.24) is 5.32 Å². The van der Waals surface area contributed by atoms with Crippen LogP contribution in [0.3, 0.4) is 0 Å². The lowest BCUT2D eigenvalue weighted by atomic mass is 9.96. The zero-order chi connectivity index (χ0) is 12.1. The maximum absolute atomic E-state index is 5.71. The number of benzene rings is 1. The summed E-state index contributed by atoms with van der Waals surface area (Å²) in [6.45, 7) is 3.80. The molecule has 0 aliphatic carbocycles. The molecule has 0 spiro atoms. The summed E-state index contributed by atoms with van der Waals surface area (Å²) >= 11 is 0. The number of hydrogen-bond donors (Lipinski definition) is 1. The van der Waals surface area contributed by atoms with Crippen molar-refractivity contribution in [3.05, 3.63) is 23.8 Å². The molecular formula is C14H21NO2. The Bertz CT molecular complexity index is 359. The maximum Gasteiger partial charge on any atom is 0.127 e. The first kappa shape index (κ1) is 12.2. The van der Waals surface area contributed by atoms with Gasteiger partial charge in [-0.2, -0.15) is 0 Å². The van der Waals surface area contributed by atoms with E-state index in [9.17, 15) is 0 Å². The van der Waals surface area contributed by atoms with Gasteiger partial charge in [0.25, 0.3) is 0 Å². The minimum absolute atomic E-state index is 0.427. The third-order valence-corrected chi connectivity index (χ3v) is 3.21. The molecule has 3 nitrogen and oxygen atoms in total. The van der Waals surface area contributed by atoms with E-state index in [-0.39, 0.29) is 0 Å². The molecule has 1 heterocycles. The molecule has 1 aliphatic rings. The molecule has 0 radical (unpaired) electrons. The zero-order valence-electron chi connectivity index (χ0n) is 10.7. The second-order valence-electron chi connectivity index (χ2n) is 4.34. The van der Waals surface area contributed by atoms with Gasteiger partial charge in [0.15, 0.2) is 0 Å². The molecule has 1 unspecified atom stereocenters. The van der Waals surface area contributed by atoms with Gasteiger partial charge >= 0.3 is 0 Å². The van der Waals surface area contributed by atoms with Gasteiger partial charge in [0.1, 0.15) is 11.5 Å². The van der Waals surface area contributed by atoms with Gasteiger partial charge in [-0.25, -0.2) is 0 Å². The van der Waals surface area contributed by atoms with Crippen molar-refractivity contribution in [1.29, 1.82) is 0 Å². The van der Waals surface area contributed by atoms with Crippen molar-refractivity contribution in [3.63, 3.8) is 0 Å². The fraction of sp³-hybridized carbons (Fsp3) is 0.571. The highest BCUT2D eigenvalue weighted by molar-refractivity contribution is 5.42. The number of piperidine rings is 1. The van der Waals surface area contributed by atoms with Crippen LogP contribution in [0.25, 0.3) is 0 Å². The Morgan fingerprint density at radius 2 is 2.24 bits per heavy atom. The predicted molar refractivity (Wildman–Crippen MR) is 68.8 cm³/mol. The molecule has 1 N–H and O–H groups in total. The second-order valence-corrected chi connectivity index (χ2v) is 4.34. The largest absolute Gasteiger partial charge is 0.497 e. The van der Waals surface area contributed by atoms with Crippen molar-refractivity contribution < 1.29 is 9.47 Å². The van der Waals surface area contributed by atoms with Gasteiger partial charge in [0.05, 0.1) is 13.7 Å². The fourth-order valence-corrected chi connectivity index (χ4v) is 2.33. The van der Waals surface area contributed by atoms with E-state index in [2.05, 4.69) is 11.4 Å².